The lowest BCUT2D eigenvalue weighted by molar-refractivity contribution is 0.0962. The maximum absolute atomic E-state index is 11.6. The molecule has 0 bridgehead atoms. The first kappa shape index (κ1) is 14.1. The molecule has 0 radical (unpaired) electrons. The second-order valence-corrected chi connectivity index (χ2v) is 5.08. The van der Waals surface area contributed by atoms with E-state index in [-0.39, 0.29) is 5.91 Å². The van der Waals surface area contributed by atoms with Crippen LogP contribution in [0.2, 0.25) is 0 Å². The molecule has 0 atom stereocenters. The smallest absolute Gasteiger partial charge is 0.251 e. The van der Waals surface area contributed by atoms with E-state index in [4.69, 9.17) is 4.74 Å². The molecule has 0 aliphatic heterocycles. The first-order valence-electron chi connectivity index (χ1n) is 7.19. The van der Waals surface area contributed by atoms with E-state index >= 15 is 0 Å². The highest BCUT2D eigenvalue weighted by atomic mass is 16.5. The van der Waals surface area contributed by atoms with E-state index in [0.29, 0.717) is 17.9 Å². The summed E-state index contributed by atoms with van der Waals surface area (Å²) in [6.45, 7) is 0.474. The zero-order chi connectivity index (χ0) is 15.4. The van der Waals surface area contributed by atoms with Gasteiger partial charge in [-0.25, -0.2) is 0 Å². The second-order valence-electron chi connectivity index (χ2n) is 5.08. The van der Waals surface area contributed by atoms with Crippen molar-refractivity contribution in [1.29, 1.82) is 0 Å². The Morgan fingerprint density at radius 2 is 1.77 bits per heavy atom. The highest BCUT2D eigenvalue weighted by Crippen LogP contribution is 2.18. The Morgan fingerprint density at radius 1 is 0.955 bits per heavy atom. The minimum atomic E-state index is -0.115. The highest BCUT2D eigenvalue weighted by molar-refractivity contribution is 5.94. The maximum Gasteiger partial charge on any atom is 0.251 e. The van der Waals surface area contributed by atoms with Gasteiger partial charge in [-0.15, -0.1) is 0 Å². The Balaban J connectivity index is 1.75. The molecular weight excluding hydrogens is 274 g/mol. The van der Waals surface area contributed by atoms with Crippen LogP contribution >= 0.6 is 0 Å². The van der Waals surface area contributed by atoms with Gasteiger partial charge >= 0.3 is 0 Å². The van der Waals surface area contributed by atoms with Crippen molar-refractivity contribution in [3.8, 4) is 5.75 Å². The molecule has 0 saturated carbocycles. The Kier molecular flexibility index (Phi) is 4.05. The lowest BCUT2D eigenvalue weighted by atomic mass is 10.1. The fourth-order valence-corrected chi connectivity index (χ4v) is 2.37. The number of nitrogens with one attached hydrogen (secondary N) is 1. The minimum Gasteiger partial charge on any atom is -0.489 e. The summed E-state index contributed by atoms with van der Waals surface area (Å²) in [5.74, 6) is 0.574. The van der Waals surface area contributed by atoms with Crippen LogP contribution in [0.25, 0.3) is 10.8 Å². The van der Waals surface area contributed by atoms with Crippen molar-refractivity contribution in [2.45, 2.75) is 6.61 Å². The van der Waals surface area contributed by atoms with Gasteiger partial charge in [0.25, 0.3) is 5.91 Å². The number of carbonyl (C=O) groups excluding carboxylic acids is 1. The SMILES string of the molecule is CNC(=O)c1cccc(OCc2ccc3ccccc3c2)c1. The summed E-state index contributed by atoms with van der Waals surface area (Å²) in [7, 11) is 1.62. The van der Waals surface area contributed by atoms with E-state index in [1.807, 2.05) is 24.3 Å². The third kappa shape index (κ3) is 3.09. The number of amides is 1. The maximum atomic E-state index is 11.6. The van der Waals surface area contributed by atoms with Gasteiger partial charge in [0.1, 0.15) is 12.4 Å². The second kappa shape index (κ2) is 6.31. The first-order chi connectivity index (χ1) is 10.8. The van der Waals surface area contributed by atoms with Crippen LogP contribution in [0.4, 0.5) is 0 Å². The Bertz CT molecular complexity index is 811. The standard InChI is InChI=1S/C19H17NO2/c1-20-19(21)17-7-4-8-18(12-17)22-13-14-9-10-15-5-2-3-6-16(15)11-14/h2-12H,13H2,1H3,(H,20,21). The van der Waals surface area contributed by atoms with Gasteiger partial charge in [-0.1, -0.05) is 42.5 Å². The van der Waals surface area contributed by atoms with Gasteiger partial charge in [0, 0.05) is 12.6 Å². The molecule has 0 aliphatic rings. The zero-order valence-electron chi connectivity index (χ0n) is 12.4. The highest BCUT2D eigenvalue weighted by Gasteiger charge is 2.04. The molecule has 22 heavy (non-hydrogen) atoms. The normalized spacial score (nSPS) is 10.4. The monoisotopic (exact) mass is 291 g/mol. The summed E-state index contributed by atoms with van der Waals surface area (Å²) in [5.41, 5.74) is 1.70. The number of benzene rings is 3. The number of hydrogen-bond donors (Lipinski definition) is 1. The summed E-state index contributed by atoms with van der Waals surface area (Å²) in [5, 5.41) is 5.02. The van der Waals surface area contributed by atoms with Gasteiger partial charge in [-0.3, -0.25) is 4.79 Å². The Hall–Kier alpha value is -2.81. The van der Waals surface area contributed by atoms with Crippen molar-refractivity contribution in [3.05, 3.63) is 77.9 Å². The van der Waals surface area contributed by atoms with Crippen LogP contribution in [0.15, 0.2) is 66.7 Å². The largest absolute Gasteiger partial charge is 0.489 e. The van der Waals surface area contributed by atoms with Crippen LogP contribution in [0.3, 0.4) is 0 Å². The van der Waals surface area contributed by atoms with Crippen LogP contribution in [0, 0.1) is 0 Å². The van der Waals surface area contributed by atoms with Crippen LogP contribution in [0.5, 0.6) is 5.75 Å². The van der Waals surface area contributed by atoms with Gasteiger partial charge in [0.2, 0.25) is 0 Å². The van der Waals surface area contributed by atoms with Gasteiger partial charge in [-0.2, -0.15) is 0 Å². The molecule has 3 rings (SSSR count). The summed E-state index contributed by atoms with van der Waals surface area (Å²) in [4.78, 5) is 11.6. The van der Waals surface area contributed by atoms with Gasteiger partial charge in [0.15, 0.2) is 0 Å². The fraction of sp³-hybridized carbons (Fsp3) is 0.105. The molecule has 0 aromatic heterocycles. The molecule has 3 aromatic carbocycles. The molecule has 0 saturated heterocycles. The summed E-state index contributed by atoms with van der Waals surface area (Å²) in [6, 6.07) is 21.7. The molecule has 0 unspecified atom stereocenters. The topological polar surface area (TPSA) is 38.3 Å². The molecular formula is C19H17NO2. The number of carbonyl (C=O) groups is 1. The van der Waals surface area contributed by atoms with E-state index in [0.717, 1.165) is 5.56 Å². The molecule has 1 N–H and O–H groups in total. The van der Waals surface area contributed by atoms with E-state index < -0.39 is 0 Å². The van der Waals surface area contributed by atoms with Crippen LogP contribution < -0.4 is 10.1 Å². The number of ether oxygens (including phenoxy) is 1. The van der Waals surface area contributed by atoms with E-state index in [2.05, 4.69) is 35.6 Å². The molecule has 3 heteroatoms. The van der Waals surface area contributed by atoms with Crippen molar-refractivity contribution < 1.29 is 9.53 Å². The number of rotatable bonds is 4. The van der Waals surface area contributed by atoms with Gasteiger partial charge < -0.3 is 10.1 Å². The molecule has 1 amide bonds. The van der Waals surface area contributed by atoms with Gasteiger partial charge in [0.05, 0.1) is 0 Å². The predicted octanol–water partition coefficient (Wildman–Crippen LogP) is 3.78. The minimum absolute atomic E-state index is 0.115. The quantitative estimate of drug-likeness (QED) is 0.794. The third-order valence-electron chi connectivity index (χ3n) is 3.54. The van der Waals surface area contributed by atoms with E-state index in [9.17, 15) is 4.79 Å². The van der Waals surface area contributed by atoms with Crippen molar-refractivity contribution in [3.63, 3.8) is 0 Å². The van der Waals surface area contributed by atoms with Crippen LogP contribution in [-0.2, 0) is 6.61 Å². The van der Waals surface area contributed by atoms with E-state index in [1.54, 1.807) is 19.2 Å². The lowest BCUT2D eigenvalue weighted by Crippen LogP contribution is -2.17. The van der Waals surface area contributed by atoms with E-state index in [1.165, 1.54) is 10.8 Å². The lowest BCUT2D eigenvalue weighted by Gasteiger charge is -2.08. The Labute approximate surface area is 129 Å². The molecule has 110 valence electrons. The average Bonchev–Trinajstić information content (AvgIpc) is 2.59. The molecule has 3 nitrogen and oxygen atoms in total. The van der Waals surface area contributed by atoms with Crippen molar-refractivity contribution in [1.82, 2.24) is 5.32 Å². The van der Waals surface area contributed by atoms with Crippen molar-refractivity contribution in [2.75, 3.05) is 7.05 Å². The third-order valence-corrected chi connectivity index (χ3v) is 3.54. The Morgan fingerprint density at radius 3 is 2.59 bits per heavy atom. The molecule has 0 heterocycles. The molecule has 3 aromatic rings. The van der Waals surface area contributed by atoms with Crippen molar-refractivity contribution >= 4 is 16.7 Å². The first-order valence-corrected chi connectivity index (χ1v) is 7.19. The average molecular weight is 291 g/mol. The molecule has 0 spiro atoms. The predicted molar refractivity (Wildman–Crippen MR) is 88.1 cm³/mol. The fourth-order valence-electron chi connectivity index (χ4n) is 2.37. The van der Waals surface area contributed by atoms with Crippen molar-refractivity contribution in [2.24, 2.45) is 0 Å². The van der Waals surface area contributed by atoms with Crippen LogP contribution in [0.1, 0.15) is 15.9 Å². The van der Waals surface area contributed by atoms with Gasteiger partial charge in [-0.05, 0) is 40.6 Å². The van der Waals surface area contributed by atoms with Crippen LogP contribution in [-0.4, -0.2) is 13.0 Å². The zero-order valence-corrected chi connectivity index (χ0v) is 12.4. The summed E-state index contributed by atoms with van der Waals surface area (Å²) < 4.78 is 5.80. The summed E-state index contributed by atoms with van der Waals surface area (Å²) >= 11 is 0. The number of hydrogen-bond acceptors (Lipinski definition) is 2. The molecule has 0 fully saturated rings. The molecule has 0 aliphatic carbocycles. The number of fused-ring (bicyclic) bond motifs is 1. The summed E-state index contributed by atoms with van der Waals surface area (Å²) in [6.07, 6.45) is 0.